The van der Waals surface area contributed by atoms with E-state index in [1.807, 2.05) is 27.2 Å². The van der Waals surface area contributed by atoms with Crippen LogP contribution in [0.4, 0.5) is 0 Å². The van der Waals surface area contributed by atoms with Gasteiger partial charge in [0.2, 0.25) is 5.91 Å². The van der Waals surface area contributed by atoms with E-state index in [-0.39, 0.29) is 12.5 Å². The third-order valence-corrected chi connectivity index (χ3v) is 17.9. The summed E-state index contributed by atoms with van der Waals surface area (Å²) in [7, 11) is 1.25. The molecule has 0 radical (unpaired) electrons. The molecule has 0 aromatic carbocycles. The maximum Gasteiger partial charge on any atom is 0.268 e. The van der Waals surface area contributed by atoms with E-state index < -0.39 is 26.6 Å². The van der Waals surface area contributed by atoms with Crippen LogP contribution in [-0.4, -0.2) is 68.5 Å². The number of nitrogens with one attached hydrogen (secondary N) is 1. The summed E-state index contributed by atoms with van der Waals surface area (Å²) in [5.74, 6) is -0.202. The number of aliphatic hydroxyl groups is 1. The highest BCUT2D eigenvalue weighted by Crippen LogP contribution is 2.38. The molecule has 0 aliphatic rings. The Balaban J connectivity index is 4.04. The molecule has 0 saturated heterocycles. The minimum absolute atomic E-state index is 0.00645. The minimum atomic E-state index is -4.62. The van der Waals surface area contributed by atoms with Gasteiger partial charge < -0.3 is 28.8 Å². The first-order chi connectivity index (χ1) is 42.0. The molecule has 0 bridgehead atoms. The van der Waals surface area contributed by atoms with Crippen LogP contribution in [0.5, 0.6) is 0 Å². The second-order valence-corrected chi connectivity index (χ2v) is 28.0. The Morgan fingerprint density at radius 1 is 0.419 bits per heavy atom. The van der Waals surface area contributed by atoms with Gasteiger partial charge in [-0.3, -0.25) is 9.36 Å². The quantitative estimate of drug-likeness (QED) is 0.0272. The van der Waals surface area contributed by atoms with Gasteiger partial charge in [0.25, 0.3) is 7.82 Å². The van der Waals surface area contributed by atoms with Crippen molar-refractivity contribution in [2.75, 3.05) is 40.9 Å². The number of hydrogen-bond donors (Lipinski definition) is 2. The molecule has 9 heteroatoms. The summed E-state index contributed by atoms with van der Waals surface area (Å²) in [5.41, 5.74) is 0. The Morgan fingerprint density at radius 3 is 1.08 bits per heavy atom. The fraction of sp³-hybridized carbons (Fsp3) is 0.831. The summed E-state index contributed by atoms with van der Waals surface area (Å²) >= 11 is 0. The first-order valence-corrected chi connectivity index (χ1v) is 38.8. The number of likely N-dealkylation sites (N-methyl/N-ethyl adjacent to an activating group) is 1. The average molecular weight is 1230 g/mol. The average Bonchev–Trinajstić information content (AvgIpc) is 3.70. The van der Waals surface area contributed by atoms with Gasteiger partial charge in [-0.1, -0.05) is 356 Å². The fourth-order valence-electron chi connectivity index (χ4n) is 11.2. The van der Waals surface area contributed by atoms with Crippen molar-refractivity contribution in [3.8, 4) is 0 Å². The van der Waals surface area contributed by atoms with Crippen LogP contribution in [-0.2, 0) is 18.4 Å². The Hall–Kier alpha value is -2.06. The Labute approximate surface area is 535 Å². The van der Waals surface area contributed by atoms with Gasteiger partial charge in [0.15, 0.2) is 0 Å². The lowest BCUT2D eigenvalue weighted by Crippen LogP contribution is -2.45. The normalized spacial score (nSPS) is 14.0. The number of allylic oxidation sites excluding steroid dienone is 11. The molecule has 0 saturated carbocycles. The lowest BCUT2D eigenvalue weighted by Gasteiger charge is -2.29. The van der Waals surface area contributed by atoms with Crippen LogP contribution in [0.2, 0.25) is 0 Å². The van der Waals surface area contributed by atoms with Crippen LogP contribution in [0.3, 0.4) is 0 Å². The number of amides is 1. The van der Waals surface area contributed by atoms with Crippen LogP contribution in [0.1, 0.15) is 361 Å². The van der Waals surface area contributed by atoms with Gasteiger partial charge in [0.05, 0.1) is 39.9 Å². The van der Waals surface area contributed by atoms with Crippen LogP contribution in [0, 0.1) is 0 Å². The number of carbonyl (C=O) groups excluding carboxylic acids is 1. The van der Waals surface area contributed by atoms with Gasteiger partial charge in [-0.15, -0.1) is 0 Å². The van der Waals surface area contributed by atoms with Gasteiger partial charge >= 0.3 is 0 Å². The lowest BCUT2D eigenvalue weighted by atomic mass is 10.0. The molecule has 0 aliphatic heterocycles. The molecular weight excluding hydrogens is 1080 g/mol. The van der Waals surface area contributed by atoms with Crippen molar-refractivity contribution < 1.29 is 32.9 Å². The minimum Gasteiger partial charge on any atom is -0.756 e. The third kappa shape index (κ3) is 69.4. The SMILES string of the molecule is CC/C=C\C/C=C\C/C=C\C/C=C\CCCCCCCCCCCCCCCCCCCCCCC(=O)NC(COP(=O)([O-])OCC[N+](C)(C)C)C(O)/C=C/CC/C=C/CCCCCCCCCCCCCCCCCCCCCCCCCCC. The van der Waals surface area contributed by atoms with Gasteiger partial charge in [0.1, 0.15) is 13.2 Å². The van der Waals surface area contributed by atoms with Crippen molar-refractivity contribution in [1.29, 1.82) is 0 Å². The van der Waals surface area contributed by atoms with Crippen molar-refractivity contribution in [3.05, 3.63) is 72.9 Å². The smallest absolute Gasteiger partial charge is 0.268 e. The van der Waals surface area contributed by atoms with Crippen LogP contribution < -0.4 is 10.2 Å². The molecule has 504 valence electrons. The van der Waals surface area contributed by atoms with Crippen molar-refractivity contribution >= 4 is 13.7 Å². The maximum atomic E-state index is 13.1. The molecule has 0 aromatic rings. The van der Waals surface area contributed by atoms with E-state index in [4.69, 9.17) is 9.05 Å². The molecule has 0 aliphatic carbocycles. The number of unbranched alkanes of at least 4 members (excludes halogenated alkanes) is 46. The fourth-order valence-corrected chi connectivity index (χ4v) is 11.9. The van der Waals surface area contributed by atoms with Gasteiger partial charge in [-0.25, -0.2) is 0 Å². The predicted octanol–water partition coefficient (Wildman–Crippen LogP) is 23.5. The Kier molecular flexibility index (Phi) is 65.7. The zero-order valence-electron chi connectivity index (χ0n) is 57.8. The zero-order valence-corrected chi connectivity index (χ0v) is 58.7. The number of rotatable bonds is 69. The second kappa shape index (κ2) is 67.3. The molecule has 8 nitrogen and oxygen atoms in total. The van der Waals surface area contributed by atoms with Crippen molar-refractivity contribution in [1.82, 2.24) is 5.32 Å². The highest BCUT2D eigenvalue weighted by atomic mass is 31.2. The maximum absolute atomic E-state index is 13.1. The number of aliphatic hydroxyl groups excluding tert-OH is 1. The molecule has 0 heterocycles. The van der Waals surface area contributed by atoms with Crippen LogP contribution >= 0.6 is 7.82 Å². The number of phosphoric ester groups is 1. The van der Waals surface area contributed by atoms with Crippen molar-refractivity contribution in [3.63, 3.8) is 0 Å². The van der Waals surface area contributed by atoms with Gasteiger partial charge in [-0.05, 0) is 70.6 Å². The number of quaternary nitrogens is 1. The molecule has 0 spiro atoms. The molecule has 2 N–H and O–H groups in total. The molecule has 0 fully saturated rings. The van der Waals surface area contributed by atoms with E-state index in [0.717, 1.165) is 64.2 Å². The second-order valence-electron chi connectivity index (χ2n) is 26.6. The van der Waals surface area contributed by atoms with E-state index in [1.54, 1.807) is 6.08 Å². The summed E-state index contributed by atoms with van der Waals surface area (Å²) in [6, 6.07) is -0.907. The first kappa shape index (κ1) is 83.9. The summed E-state index contributed by atoms with van der Waals surface area (Å²) in [6.45, 7) is 4.57. The molecular formula is C77H145N2O6P. The largest absolute Gasteiger partial charge is 0.756 e. The summed E-state index contributed by atoms with van der Waals surface area (Å²) in [5, 5.41) is 14.0. The summed E-state index contributed by atoms with van der Waals surface area (Å²) < 4.78 is 23.5. The molecule has 3 unspecified atom stereocenters. The lowest BCUT2D eigenvalue weighted by molar-refractivity contribution is -0.870. The topological polar surface area (TPSA) is 108 Å². The highest BCUT2D eigenvalue weighted by Gasteiger charge is 2.23. The molecule has 86 heavy (non-hydrogen) atoms. The molecule has 3 atom stereocenters. The standard InChI is InChI=1S/C77H145N2O6P/c1-6-8-10-12-14-16-18-20-22-24-26-28-30-32-34-36-38-39-41-43-45-47-49-51-53-55-57-59-61-63-65-67-69-71-77(81)78-75(74-85-86(82,83)84-73-72-79(3,4)5)76(80)70-68-66-64-62-60-58-56-54-52-50-48-46-44-42-40-37-35-33-31-29-27-25-23-21-19-17-15-13-11-9-7-2/h8,10,14,16,20,22,26,28,60,62,68,70,75-76,80H,6-7,9,11-13,15,17-19,21,23-25,27,29-59,61,63-67,69,71-74H2,1-5H3,(H-,78,81,82,83)/b10-8-,16-14-,22-20-,28-26-,62-60+,70-68+. The zero-order chi connectivity index (χ0) is 62.6. The Bertz CT molecular complexity index is 1630. The first-order valence-electron chi connectivity index (χ1n) is 37.3. The summed E-state index contributed by atoms with van der Waals surface area (Å²) in [6.07, 6.45) is 94.8. The highest BCUT2D eigenvalue weighted by molar-refractivity contribution is 7.45. The van der Waals surface area contributed by atoms with E-state index in [0.29, 0.717) is 17.4 Å². The van der Waals surface area contributed by atoms with Crippen LogP contribution in [0.25, 0.3) is 0 Å². The monoisotopic (exact) mass is 1230 g/mol. The van der Waals surface area contributed by atoms with Crippen molar-refractivity contribution in [2.45, 2.75) is 373 Å². The van der Waals surface area contributed by atoms with Crippen LogP contribution in [0.15, 0.2) is 72.9 Å². The predicted molar refractivity (Wildman–Crippen MR) is 376 cm³/mol. The van der Waals surface area contributed by atoms with E-state index in [1.165, 1.54) is 276 Å². The number of hydrogen-bond acceptors (Lipinski definition) is 6. The number of phosphoric acid groups is 1. The molecule has 0 aromatic heterocycles. The van der Waals surface area contributed by atoms with Gasteiger partial charge in [0, 0.05) is 6.42 Å². The third-order valence-electron chi connectivity index (χ3n) is 16.9. The number of nitrogens with zero attached hydrogens (tertiary/aromatic N) is 1. The summed E-state index contributed by atoms with van der Waals surface area (Å²) in [4.78, 5) is 25.7. The van der Waals surface area contributed by atoms with E-state index in [9.17, 15) is 19.4 Å². The molecule has 1 amide bonds. The number of carbonyl (C=O) groups is 1. The Morgan fingerprint density at radius 2 is 0.721 bits per heavy atom. The van der Waals surface area contributed by atoms with E-state index >= 15 is 0 Å². The molecule has 0 rings (SSSR count). The van der Waals surface area contributed by atoms with Crippen molar-refractivity contribution in [2.24, 2.45) is 0 Å². The van der Waals surface area contributed by atoms with E-state index in [2.05, 4.69) is 79.9 Å². The van der Waals surface area contributed by atoms with Gasteiger partial charge in [-0.2, -0.15) is 0 Å².